The quantitative estimate of drug-likeness (QED) is 0.113. The molecular formula is C24H28BrClN6O2. The van der Waals surface area contributed by atoms with Gasteiger partial charge in [0.05, 0.1) is 29.7 Å². The molecule has 3 aromatic rings. The molecule has 0 radical (unpaired) electrons. The number of rotatable bonds is 9. The number of nitrogen functional groups attached to an aromatic ring is 1. The van der Waals surface area contributed by atoms with E-state index >= 15 is 0 Å². The monoisotopic (exact) mass is 546 g/mol. The predicted molar refractivity (Wildman–Crippen MR) is 141 cm³/mol. The minimum Gasteiger partial charge on any atom is -0.461 e. The van der Waals surface area contributed by atoms with Gasteiger partial charge < -0.3 is 25.4 Å². The van der Waals surface area contributed by atoms with Gasteiger partial charge in [0.1, 0.15) is 0 Å². The van der Waals surface area contributed by atoms with Crippen molar-refractivity contribution in [1.29, 1.82) is 0 Å². The second-order valence-corrected chi connectivity index (χ2v) is 8.85. The maximum atomic E-state index is 12.9. The summed E-state index contributed by atoms with van der Waals surface area (Å²) in [6.07, 6.45) is 1.73. The van der Waals surface area contributed by atoms with E-state index < -0.39 is 12.0 Å². The molecule has 1 atom stereocenters. The molecule has 5 N–H and O–H groups in total. The molecule has 34 heavy (non-hydrogen) atoms. The number of imidazole rings is 1. The van der Waals surface area contributed by atoms with Crippen molar-refractivity contribution in [3.63, 3.8) is 0 Å². The van der Waals surface area contributed by atoms with Gasteiger partial charge in [-0.3, -0.25) is 0 Å². The second-order valence-electron chi connectivity index (χ2n) is 7.70. The average molecular weight is 548 g/mol. The molecule has 0 amide bonds. The summed E-state index contributed by atoms with van der Waals surface area (Å²) < 4.78 is 7.66. The predicted octanol–water partition coefficient (Wildman–Crippen LogP) is 5.06. The largest absolute Gasteiger partial charge is 0.461 e. The molecular weight excluding hydrogens is 520 g/mol. The van der Waals surface area contributed by atoms with Crippen LogP contribution in [0.25, 0.3) is 0 Å². The van der Waals surface area contributed by atoms with Crippen molar-refractivity contribution < 1.29 is 9.53 Å². The molecule has 0 fully saturated rings. The van der Waals surface area contributed by atoms with Gasteiger partial charge in [0, 0.05) is 24.3 Å². The van der Waals surface area contributed by atoms with E-state index in [0.29, 0.717) is 33.4 Å². The van der Waals surface area contributed by atoms with E-state index in [0.717, 1.165) is 16.8 Å². The Kier molecular flexibility index (Phi) is 8.24. The molecule has 1 heterocycles. The number of halogens is 2. The fourth-order valence-corrected chi connectivity index (χ4v) is 4.31. The lowest BCUT2D eigenvalue weighted by Crippen LogP contribution is -2.26. The molecule has 0 aliphatic rings. The smallest absolute Gasteiger partial charge is 0.358 e. The lowest BCUT2D eigenvalue weighted by atomic mass is 10.0. The number of hydrogen-bond donors (Lipinski definition) is 3. The van der Waals surface area contributed by atoms with Crippen LogP contribution in [0.5, 0.6) is 0 Å². The normalized spacial score (nSPS) is 11.7. The van der Waals surface area contributed by atoms with Crippen molar-refractivity contribution in [3.05, 3.63) is 81.3 Å². The molecule has 0 saturated carbocycles. The zero-order valence-corrected chi connectivity index (χ0v) is 21.7. The SMILES string of the molecule is C=CCn1c(Br)nc(C(=O)OCC)c1C(Nc1cc(C)c(N)c(N(C)N)c1)c1ccc(Cl)cc1. The number of carbonyl (C=O) groups is 1. The number of allylic oxidation sites excluding steroid dienone is 1. The van der Waals surface area contributed by atoms with Gasteiger partial charge in [0.25, 0.3) is 0 Å². The molecule has 10 heteroatoms. The van der Waals surface area contributed by atoms with Crippen LogP contribution in [-0.2, 0) is 11.3 Å². The molecule has 8 nitrogen and oxygen atoms in total. The number of benzene rings is 2. The van der Waals surface area contributed by atoms with Gasteiger partial charge in [-0.25, -0.2) is 15.6 Å². The van der Waals surface area contributed by atoms with Crippen LogP contribution in [0.3, 0.4) is 0 Å². The van der Waals surface area contributed by atoms with Crippen molar-refractivity contribution in [2.24, 2.45) is 5.84 Å². The van der Waals surface area contributed by atoms with E-state index in [1.807, 2.05) is 35.8 Å². The molecule has 0 bridgehead atoms. The van der Waals surface area contributed by atoms with Crippen LogP contribution in [-0.4, -0.2) is 29.2 Å². The Morgan fingerprint density at radius 2 is 2.06 bits per heavy atom. The highest BCUT2D eigenvalue weighted by Crippen LogP contribution is 2.35. The number of hydrazine groups is 1. The molecule has 0 aliphatic carbocycles. The minimum absolute atomic E-state index is 0.200. The Morgan fingerprint density at radius 1 is 1.38 bits per heavy atom. The Hall–Kier alpha value is -3.01. The summed E-state index contributed by atoms with van der Waals surface area (Å²) >= 11 is 9.64. The summed E-state index contributed by atoms with van der Waals surface area (Å²) in [7, 11) is 1.72. The summed E-state index contributed by atoms with van der Waals surface area (Å²) in [6.45, 7) is 8.17. The Bertz CT molecular complexity index is 1190. The third-order valence-electron chi connectivity index (χ3n) is 5.27. The first-order chi connectivity index (χ1) is 16.2. The molecule has 0 aliphatic heterocycles. The maximum Gasteiger partial charge on any atom is 0.358 e. The summed E-state index contributed by atoms with van der Waals surface area (Å²) in [6, 6.07) is 10.7. The highest BCUT2D eigenvalue weighted by atomic mass is 79.9. The first-order valence-corrected chi connectivity index (χ1v) is 11.8. The van der Waals surface area contributed by atoms with Crippen molar-refractivity contribution in [3.8, 4) is 0 Å². The number of nitrogens with two attached hydrogens (primary N) is 2. The third-order valence-corrected chi connectivity index (χ3v) is 6.13. The third kappa shape index (κ3) is 5.38. The zero-order chi connectivity index (χ0) is 25.0. The summed E-state index contributed by atoms with van der Waals surface area (Å²) in [5.41, 5.74) is 10.8. The van der Waals surface area contributed by atoms with Crippen LogP contribution in [0.15, 0.2) is 53.8 Å². The maximum absolute atomic E-state index is 12.9. The fraction of sp³-hybridized carbons (Fsp3) is 0.250. The minimum atomic E-state index is -0.516. The van der Waals surface area contributed by atoms with E-state index in [9.17, 15) is 4.79 Å². The van der Waals surface area contributed by atoms with Gasteiger partial charge in [-0.1, -0.05) is 29.8 Å². The van der Waals surface area contributed by atoms with E-state index in [1.165, 1.54) is 5.01 Å². The first kappa shape index (κ1) is 25.6. The summed E-state index contributed by atoms with van der Waals surface area (Å²) in [5, 5.41) is 5.61. The number of aryl methyl sites for hydroxylation is 1. The lowest BCUT2D eigenvalue weighted by molar-refractivity contribution is 0.0518. The topological polar surface area (TPSA) is 111 Å². The number of ether oxygens (including phenoxy) is 1. The molecule has 2 aromatic carbocycles. The van der Waals surface area contributed by atoms with E-state index in [1.54, 1.807) is 32.2 Å². The van der Waals surface area contributed by atoms with Gasteiger partial charge in [-0.05, 0) is 65.2 Å². The van der Waals surface area contributed by atoms with Crippen molar-refractivity contribution in [1.82, 2.24) is 9.55 Å². The van der Waals surface area contributed by atoms with Crippen molar-refractivity contribution in [2.75, 3.05) is 29.7 Å². The molecule has 180 valence electrons. The highest BCUT2D eigenvalue weighted by Gasteiger charge is 2.30. The molecule has 1 aromatic heterocycles. The standard InChI is InChI=1S/C24H28BrClN6O2/c1-5-11-32-22(21(30-24(32)25)23(33)34-6-2)20(15-7-9-16(26)10-8-15)29-17-12-14(3)19(27)18(13-17)31(4)28/h5,7-10,12-13,20,29H,1,6,11,27-28H2,2-4H3. The fourth-order valence-electron chi connectivity index (χ4n) is 3.67. The van der Waals surface area contributed by atoms with Crippen LogP contribution >= 0.6 is 27.5 Å². The molecule has 0 saturated heterocycles. The van der Waals surface area contributed by atoms with Crippen molar-refractivity contribution in [2.45, 2.75) is 26.4 Å². The lowest BCUT2D eigenvalue weighted by Gasteiger charge is -2.25. The van der Waals surface area contributed by atoms with Crippen LogP contribution < -0.4 is 21.9 Å². The van der Waals surface area contributed by atoms with Crippen LogP contribution in [0.2, 0.25) is 5.02 Å². The van der Waals surface area contributed by atoms with E-state index in [4.69, 9.17) is 27.9 Å². The Morgan fingerprint density at radius 3 is 2.65 bits per heavy atom. The van der Waals surface area contributed by atoms with Crippen LogP contribution in [0.1, 0.15) is 40.3 Å². The van der Waals surface area contributed by atoms with Gasteiger partial charge in [0.15, 0.2) is 10.4 Å². The average Bonchev–Trinajstić information content (AvgIpc) is 3.11. The number of nitrogens with zero attached hydrogens (tertiary/aromatic N) is 3. The number of nitrogens with one attached hydrogen (secondary N) is 1. The first-order valence-electron chi connectivity index (χ1n) is 10.6. The zero-order valence-electron chi connectivity index (χ0n) is 19.3. The van der Waals surface area contributed by atoms with Crippen LogP contribution in [0.4, 0.5) is 17.1 Å². The highest BCUT2D eigenvalue weighted by molar-refractivity contribution is 9.10. The molecule has 3 rings (SSSR count). The Labute approximate surface area is 212 Å². The second kappa shape index (κ2) is 10.9. The van der Waals surface area contributed by atoms with E-state index in [-0.39, 0.29) is 12.3 Å². The van der Waals surface area contributed by atoms with E-state index in [2.05, 4.69) is 32.8 Å². The van der Waals surface area contributed by atoms with Gasteiger partial charge in [0.2, 0.25) is 0 Å². The molecule has 0 spiro atoms. The summed E-state index contributed by atoms with van der Waals surface area (Å²) in [5.74, 6) is 5.49. The van der Waals surface area contributed by atoms with Gasteiger partial charge in [-0.2, -0.15) is 0 Å². The number of anilines is 3. The molecule has 1 unspecified atom stereocenters. The van der Waals surface area contributed by atoms with Gasteiger partial charge in [-0.15, -0.1) is 6.58 Å². The number of carbonyl (C=O) groups excluding carboxylic acids is 1. The van der Waals surface area contributed by atoms with Crippen LogP contribution in [0, 0.1) is 6.92 Å². The number of hydrogen-bond acceptors (Lipinski definition) is 7. The number of esters is 1. The number of aromatic nitrogens is 2. The van der Waals surface area contributed by atoms with Gasteiger partial charge >= 0.3 is 5.97 Å². The summed E-state index contributed by atoms with van der Waals surface area (Å²) in [4.78, 5) is 17.4. The Balaban J connectivity index is 2.24. The van der Waals surface area contributed by atoms with Crippen molar-refractivity contribution >= 4 is 50.6 Å².